The van der Waals surface area contributed by atoms with Crippen LogP contribution in [0.5, 0.6) is 11.5 Å². The molecule has 2 aromatic rings. The number of rotatable bonds is 4. The van der Waals surface area contributed by atoms with E-state index >= 15 is 0 Å². The normalized spacial score (nSPS) is 13.1. The van der Waals surface area contributed by atoms with Crippen LogP contribution in [0.15, 0.2) is 12.3 Å². The van der Waals surface area contributed by atoms with Crippen molar-refractivity contribution in [2.24, 2.45) is 0 Å². The molecule has 6 nitrogen and oxygen atoms in total. The number of anilines is 1. The molecule has 0 bridgehead atoms. The zero-order valence-corrected chi connectivity index (χ0v) is 17.6. The average Bonchev–Trinajstić information content (AvgIpc) is 2.92. The molecule has 2 amide bonds. The van der Waals surface area contributed by atoms with Gasteiger partial charge in [-0.25, -0.2) is 4.98 Å². The van der Waals surface area contributed by atoms with E-state index in [1.54, 1.807) is 24.2 Å². The fraction of sp³-hybridized carbons (Fsp3) is 0.409. The lowest BCUT2D eigenvalue weighted by Crippen LogP contribution is -2.31. The van der Waals surface area contributed by atoms with Crippen LogP contribution in [0.3, 0.4) is 0 Å². The molecule has 1 aliphatic heterocycles. The third kappa shape index (κ3) is 3.23. The molecule has 1 aromatic heterocycles. The van der Waals surface area contributed by atoms with Crippen molar-refractivity contribution in [3.63, 3.8) is 0 Å². The molecule has 0 aliphatic carbocycles. The van der Waals surface area contributed by atoms with Crippen molar-refractivity contribution >= 4 is 17.6 Å². The number of ether oxygens (including phenoxy) is 1. The molecule has 0 radical (unpaired) electrons. The van der Waals surface area contributed by atoms with Crippen molar-refractivity contribution in [3.8, 4) is 11.5 Å². The van der Waals surface area contributed by atoms with E-state index in [1.807, 2.05) is 41.5 Å². The van der Waals surface area contributed by atoms with Crippen LogP contribution in [0, 0.1) is 27.7 Å². The van der Waals surface area contributed by atoms with Gasteiger partial charge < -0.3 is 10.1 Å². The van der Waals surface area contributed by atoms with Gasteiger partial charge >= 0.3 is 0 Å². The third-order valence-corrected chi connectivity index (χ3v) is 5.42. The van der Waals surface area contributed by atoms with Crippen LogP contribution in [0.4, 0.5) is 5.82 Å². The summed E-state index contributed by atoms with van der Waals surface area (Å²) in [5, 5.41) is 2.98. The Bertz CT molecular complexity index is 980. The van der Waals surface area contributed by atoms with Gasteiger partial charge in [-0.1, -0.05) is 0 Å². The van der Waals surface area contributed by atoms with Crippen molar-refractivity contribution < 1.29 is 14.3 Å². The molecule has 0 unspecified atom stereocenters. The van der Waals surface area contributed by atoms with Crippen LogP contribution in [0.2, 0.25) is 0 Å². The van der Waals surface area contributed by atoms with E-state index in [4.69, 9.17) is 4.74 Å². The maximum atomic E-state index is 12.8. The minimum atomic E-state index is -0.104. The maximum Gasteiger partial charge on any atom is 0.252 e. The number of hydrogen-bond donors (Lipinski definition) is 1. The summed E-state index contributed by atoms with van der Waals surface area (Å²) in [6.07, 6.45) is 1.90. The standard InChI is InChI=1S/C22H27N3O3/c1-11(2)24-22(27)19-13(4)12(3)14(5)20(15(19)6)28-17-8-9-23-21-16(17)10-18(26)25(21)7/h8-9,11H,10H2,1-7H3,(H,24,27). The summed E-state index contributed by atoms with van der Waals surface area (Å²) in [4.78, 5) is 30.8. The SMILES string of the molecule is Cc1c(C)c(Oc2ccnc3c2CC(=O)N3C)c(C)c(C(=O)NC(C)C)c1C. The predicted octanol–water partition coefficient (Wildman–Crippen LogP) is 3.76. The van der Waals surface area contributed by atoms with Gasteiger partial charge in [-0.3, -0.25) is 14.5 Å². The summed E-state index contributed by atoms with van der Waals surface area (Å²) in [5.41, 5.74) is 5.18. The molecular formula is C22H27N3O3. The molecule has 0 fully saturated rings. The molecule has 1 aromatic carbocycles. The second kappa shape index (κ2) is 7.26. The summed E-state index contributed by atoms with van der Waals surface area (Å²) in [6.45, 7) is 11.7. The van der Waals surface area contributed by atoms with Gasteiger partial charge in [0.15, 0.2) is 0 Å². The van der Waals surface area contributed by atoms with Crippen molar-refractivity contribution in [1.82, 2.24) is 10.3 Å². The van der Waals surface area contributed by atoms with Crippen molar-refractivity contribution in [2.45, 2.75) is 54.0 Å². The maximum absolute atomic E-state index is 12.8. The van der Waals surface area contributed by atoms with E-state index in [0.29, 0.717) is 22.9 Å². The molecule has 28 heavy (non-hydrogen) atoms. The quantitative estimate of drug-likeness (QED) is 0.875. The van der Waals surface area contributed by atoms with Gasteiger partial charge in [0, 0.05) is 36.0 Å². The number of aromatic nitrogens is 1. The first-order valence-electron chi connectivity index (χ1n) is 9.47. The molecule has 1 N–H and O–H groups in total. The first-order chi connectivity index (χ1) is 13.1. The smallest absolute Gasteiger partial charge is 0.252 e. The van der Waals surface area contributed by atoms with Crippen molar-refractivity contribution in [3.05, 3.63) is 45.6 Å². The summed E-state index contributed by atoms with van der Waals surface area (Å²) < 4.78 is 6.31. The van der Waals surface area contributed by atoms with E-state index in [-0.39, 0.29) is 24.3 Å². The number of likely N-dealkylation sites (N-methyl/N-ethyl adjacent to an activating group) is 1. The molecule has 0 spiro atoms. The molecule has 0 saturated heterocycles. The topological polar surface area (TPSA) is 71.5 Å². The summed E-state index contributed by atoms with van der Waals surface area (Å²) >= 11 is 0. The molecule has 0 saturated carbocycles. The Hall–Kier alpha value is -2.89. The van der Waals surface area contributed by atoms with Gasteiger partial charge in [0.25, 0.3) is 5.91 Å². The van der Waals surface area contributed by atoms with Crippen LogP contribution < -0.4 is 15.0 Å². The molecule has 2 heterocycles. The second-order valence-electron chi connectivity index (χ2n) is 7.68. The lowest BCUT2D eigenvalue weighted by molar-refractivity contribution is -0.117. The Morgan fingerprint density at radius 3 is 2.46 bits per heavy atom. The van der Waals surface area contributed by atoms with Gasteiger partial charge in [-0.05, 0) is 64.3 Å². The zero-order valence-electron chi connectivity index (χ0n) is 17.6. The third-order valence-electron chi connectivity index (χ3n) is 5.42. The van der Waals surface area contributed by atoms with E-state index in [0.717, 1.165) is 27.8 Å². The first kappa shape index (κ1) is 19.9. The molecule has 6 heteroatoms. The fourth-order valence-electron chi connectivity index (χ4n) is 3.66. The first-order valence-corrected chi connectivity index (χ1v) is 9.47. The lowest BCUT2D eigenvalue weighted by Gasteiger charge is -2.21. The minimum Gasteiger partial charge on any atom is -0.456 e. The molecule has 1 aliphatic rings. The van der Waals surface area contributed by atoms with Crippen molar-refractivity contribution in [1.29, 1.82) is 0 Å². The van der Waals surface area contributed by atoms with Gasteiger partial charge in [-0.2, -0.15) is 0 Å². The minimum absolute atomic E-state index is 0.0101. The van der Waals surface area contributed by atoms with Gasteiger partial charge in [0.1, 0.15) is 17.3 Å². The monoisotopic (exact) mass is 381 g/mol. The fourth-order valence-corrected chi connectivity index (χ4v) is 3.66. The molecule has 0 atom stereocenters. The molecular weight excluding hydrogens is 354 g/mol. The van der Waals surface area contributed by atoms with Gasteiger partial charge in [-0.15, -0.1) is 0 Å². The zero-order chi connectivity index (χ0) is 20.7. The number of pyridine rings is 1. The number of hydrogen-bond acceptors (Lipinski definition) is 4. The summed E-state index contributed by atoms with van der Waals surface area (Å²) in [6, 6.07) is 1.81. The highest BCUT2D eigenvalue weighted by molar-refractivity contribution is 6.01. The Morgan fingerprint density at radius 1 is 1.14 bits per heavy atom. The van der Waals surface area contributed by atoms with E-state index in [1.165, 1.54) is 0 Å². The van der Waals surface area contributed by atoms with Crippen LogP contribution >= 0.6 is 0 Å². The van der Waals surface area contributed by atoms with Crippen LogP contribution in [-0.4, -0.2) is 29.9 Å². The highest BCUT2D eigenvalue weighted by Crippen LogP contribution is 2.40. The van der Waals surface area contributed by atoms with E-state index in [9.17, 15) is 9.59 Å². The van der Waals surface area contributed by atoms with Gasteiger partial charge in [0.05, 0.1) is 6.42 Å². The van der Waals surface area contributed by atoms with Crippen LogP contribution in [0.1, 0.15) is 52.0 Å². The number of nitrogens with one attached hydrogen (secondary N) is 1. The number of carbonyl (C=O) groups is 2. The number of benzene rings is 1. The summed E-state index contributed by atoms with van der Waals surface area (Å²) in [7, 11) is 1.71. The van der Waals surface area contributed by atoms with Crippen LogP contribution in [0.25, 0.3) is 0 Å². The van der Waals surface area contributed by atoms with E-state index in [2.05, 4.69) is 10.3 Å². The Kier molecular flexibility index (Phi) is 5.15. The van der Waals surface area contributed by atoms with Gasteiger partial charge in [0.2, 0.25) is 5.91 Å². The number of amides is 2. The largest absolute Gasteiger partial charge is 0.456 e. The lowest BCUT2D eigenvalue weighted by atomic mass is 9.92. The highest BCUT2D eigenvalue weighted by Gasteiger charge is 2.29. The number of nitrogens with zero attached hydrogens (tertiary/aromatic N) is 2. The Morgan fingerprint density at radius 2 is 1.82 bits per heavy atom. The highest BCUT2D eigenvalue weighted by atomic mass is 16.5. The Balaban J connectivity index is 2.11. The van der Waals surface area contributed by atoms with Crippen molar-refractivity contribution in [2.75, 3.05) is 11.9 Å². The average molecular weight is 381 g/mol. The predicted molar refractivity (Wildman–Crippen MR) is 109 cm³/mol. The second-order valence-corrected chi connectivity index (χ2v) is 7.68. The van der Waals surface area contributed by atoms with E-state index < -0.39 is 0 Å². The summed E-state index contributed by atoms with van der Waals surface area (Å²) in [5.74, 6) is 1.77. The Labute approximate surface area is 165 Å². The number of carbonyl (C=O) groups excluding carboxylic acids is 2. The molecule has 3 rings (SSSR count). The molecule has 148 valence electrons. The van der Waals surface area contributed by atoms with Crippen LogP contribution in [-0.2, 0) is 11.2 Å². The number of fused-ring (bicyclic) bond motifs is 1.